The van der Waals surface area contributed by atoms with Crippen LogP contribution in [0.4, 0.5) is 10.1 Å². The lowest BCUT2D eigenvalue weighted by atomic mass is 9.74. The average molecular weight is 278 g/mol. The predicted molar refractivity (Wildman–Crippen MR) is 79.0 cm³/mol. The molecule has 2 rings (SSSR count). The highest BCUT2D eigenvalue weighted by molar-refractivity contribution is 5.94. The highest BCUT2D eigenvalue weighted by Crippen LogP contribution is 2.38. The lowest BCUT2D eigenvalue weighted by molar-refractivity contribution is 0.0553. The number of hydrogen-bond acceptors (Lipinski definition) is 2. The van der Waals surface area contributed by atoms with Gasteiger partial charge in [-0.2, -0.15) is 0 Å². The predicted octanol–water partition coefficient (Wildman–Crippen LogP) is 3.45. The van der Waals surface area contributed by atoms with Crippen molar-refractivity contribution in [1.82, 2.24) is 4.90 Å². The molecule has 110 valence electrons. The van der Waals surface area contributed by atoms with Crippen LogP contribution in [0.25, 0.3) is 0 Å². The molecule has 1 amide bonds. The molecule has 1 saturated heterocycles. The van der Waals surface area contributed by atoms with E-state index in [-0.39, 0.29) is 11.5 Å². The van der Waals surface area contributed by atoms with Gasteiger partial charge in [-0.1, -0.05) is 26.7 Å². The number of carbonyl (C=O) groups excluding carboxylic acids is 1. The molecule has 2 N–H and O–H groups in total. The SMILES string of the molecule is CCC1(CC)CCN(C(=O)c2ccc(N)cc2F)CC1. The Morgan fingerprint density at radius 3 is 2.40 bits per heavy atom. The zero-order chi connectivity index (χ0) is 14.8. The zero-order valence-corrected chi connectivity index (χ0v) is 12.3. The first-order valence-electron chi connectivity index (χ1n) is 7.35. The Labute approximate surface area is 120 Å². The van der Waals surface area contributed by atoms with Gasteiger partial charge in [-0.3, -0.25) is 4.79 Å². The van der Waals surface area contributed by atoms with Crippen molar-refractivity contribution in [3.63, 3.8) is 0 Å². The van der Waals surface area contributed by atoms with Crippen LogP contribution in [-0.4, -0.2) is 23.9 Å². The molecule has 0 aromatic heterocycles. The summed E-state index contributed by atoms with van der Waals surface area (Å²) < 4.78 is 13.8. The number of nitrogens with zero attached hydrogens (tertiary/aromatic N) is 1. The molecule has 1 aliphatic rings. The minimum Gasteiger partial charge on any atom is -0.399 e. The van der Waals surface area contributed by atoms with E-state index < -0.39 is 5.82 Å². The van der Waals surface area contributed by atoms with Crippen LogP contribution in [0.2, 0.25) is 0 Å². The van der Waals surface area contributed by atoms with Crippen LogP contribution in [-0.2, 0) is 0 Å². The van der Waals surface area contributed by atoms with Crippen molar-refractivity contribution in [3.8, 4) is 0 Å². The molecule has 0 radical (unpaired) electrons. The maximum absolute atomic E-state index is 13.8. The fourth-order valence-electron chi connectivity index (χ4n) is 3.02. The van der Waals surface area contributed by atoms with Gasteiger partial charge in [0.15, 0.2) is 0 Å². The van der Waals surface area contributed by atoms with Crippen LogP contribution in [0.3, 0.4) is 0 Å². The van der Waals surface area contributed by atoms with Crippen LogP contribution >= 0.6 is 0 Å². The highest BCUT2D eigenvalue weighted by Gasteiger charge is 2.33. The smallest absolute Gasteiger partial charge is 0.256 e. The van der Waals surface area contributed by atoms with Crippen LogP contribution in [0, 0.1) is 11.2 Å². The van der Waals surface area contributed by atoms with Crippen molar-refractivity contribution in [1.29, 1.82) is 0 Å². The molecule has 20 heavy (non-hydrogen) atoms. The summed E-state index contributed by atoms with van der Waals surface area (Å²) in [6.45, 7) is 5.84. The molecular formula is C16H23FN2O. The minimum atomic E-state index is -0.530. The monoisotopic (exact) mass is 278 g/mol. The van der Waals surface area contributed by atoms with E-state index in [1.165, 1.54) is 12.1 Å². The quantitative estimate of drug-likeness (QED) is 0.861. The van der Waals surface area contributed by atoms with Crippen LogP contribution in [0.15, 0.2) is 18.2 Å². The average Bonchev–Trinajstić information content (AvgIpc) is 2.47. The number of likely N-dealkylation sites (tertiary alicyclic amines) is 1. The van der Waals surface area contributed by atoms with Crippen molar-refractivity contribution >= 4 is 11.6 Å². The molecule has 1 aromatic rings. The molecule has 1 heterocycles. The number of piperidine rings is 1. The van der Waals surface area contributed by atoms with E-state index in [9.17, 15) is 9.18 Å². The first-order chi connectivity index (χ1) is 9.51. The highest BCUT2D eigenvalue weighted by atomic mass is 19.1. The second kappa shape index (κ2) is 5.81. The molecule has 1 fully saturated rings. The number of carbonyl (C=O) groups is 1. The van der Waals surface area contributed by atoms with Crippen molar-refractivity contribution in [2.75, 3.05) is 18.8 Å². The van der Waals surface area contributed by atoms with Gasteiger partial charge in [-0.05, 0) is 36.5 Å². The molecule has 1 aromatic carbocycles. The van der Waals surface area contributed by atoms with E-state index in [0.29, 0.717) is 24.2 Å². The number of amides is 1. The first-order valence-corrected chi connectivity index (χ1v) is 7.35. The molecule has 0 spiro atoms. The van der Waals surface area contributed by atoms with Gasteiger partial charge in [0, 0.05) is 18.8 Å². The Morgan fingerprint density at radius 2 is 1.90 bits per heavy atom. The number of rotatable bonds is 3. The maximum atomic E-state index is 13.8. The fraction of sp³-hybridized carbons (Fsp3) is 0.562. The number of nitrogen functional groups attached to an aromatic ring is 1. The molecule has 0 bridgehead atoms. The van der Waals surface area contributed by atoms with Crippen LogP contribution in [0.1, 0.15) is 49.9 Å². The van der Waals surface area contributed by atoms with Crippen molar-refractivity contribution in [2.45, 2.75) is 39.5 Å². The van der Waals surface area contributed by atoms with Gasteiger partial charge >= 0.3 is 0 Å². The van der Waals surface area contributed by atoms with E-state index in [1.54, 1.807) is 11.0 Å². The second-order valence-electron chi connectivity index (χ2n) is 5.74. The van der Waals surface area contributed by atoms with Gasteiger partial charge in [0.2, 0.25) is 0 Å². The summed E-state index contributed by atoms with van der Waals surface area (Å²) in [5, 5.41) is 0. The van der Waals surface area contributed by atoms with E-state index in [4.69, 9.17) is 5.73 Å². The molecule has 0 unspecified atom stereocenters. The van der Waals surface area contributed by atoms with Gasteiger partial charge in [0.1, 0.15) is 5.82 Å². The topological polar surface area (TPSA) is 46.3 Å². The number of anilines is 1. The molecule has 1 aliphatic heterocycles. The summed E-state index contributed by atoms with van der Waals surface area (Å²) in [6, 6.07) is 4.26. The summed E-state index contributed by atoms with van der Waals surface area (Å²) in [7, 11) is 0. The molecule has 3 nitrogen and oxygen atoms in total. The van der Waals surface area contributed by atoms with Gasteiger partial charge in [-0.25, -0.2) is 4.39 Å². The van der Waals surface area contributed by atoms with Crippen molar-refractivity contribution in [3.05, 3.63) is 29.6 Å². The lowest BCUT2D eigenvalue weighted by Gasteiger charge is -2.41. The largest absolute Gasteiger partial charge is 0.399 e. The van der Waals surface area contributed by atoms with Gasteiger partial charge < -0.3 is 10.6 Å². The Kier molecular flexibility index (Phi) is 4.31. The maximum Gasteiger partial charge on any atom is 0.256 e. The Morgan fingerprint density at radius 1 is 1.30 bits per heavy atom. The summed E-state index contributed by atoms with van der Waals surface area (Å²) in [4.78, 5) is 14.1. The number of halogens is 1. The second-order valence-corrected chi connectivity index (χ2v) is 5.74. The summed E-state index contributed by atoms with van der Waals surface area (Å²) in [5.74, 6) is -0.749. The Bertz CT molecular complexity index is 487. The molecule has 4 heteroatoms. The fourth-order valence-corrected chi connectivity index (χ4v) is 3.02. The van der Waals surface area contributed by atoms with Crippen molar-refractivity contribution in [2.24, 2.45) is 5.41 Å². The Balaban J connectivity index is 2.09. The first kappa shape index (κ1) is 14.8. The number of hydrogen-bond donors (Lipinski definition) is 1. The van der Waals surface area contributed by atoms with Gasteiger partial charge in [-0.15, -0.1) is 0 Å². The van der Waals surface area contributed by atoms with Gasteiger partial charge in [0.05, 0.1) is 5.56 Å². The molecular weight excluding hydrogens is 255 g/mol. The van der Waals surface area contributed by atoms with E-state index >= 15 is 0 Å². The van der Waals surface area contributed by atoms with E-state index in [1.807, 2.05) is 0 Å². The minimum absolute atomic E-state index is 0.125. The third-order valence-electron chi connectivity index (χ3n) is 4.83. The zero-order valence-electron chi connectivity index (χ0n) is 12.3. The van der Waals surface area contributed by atoms with Gasteiger partial charge in [0.25, 0.3) is 5.91 Å². The number of benzene rings is 1. The summed E-state index contributed by atoms with van der Waals surface area (Å²) in [6.07, 6.45) is 4.29. The summed E-state index contributed by atoms with van der Waals surface area (Å²) >= 11 is 0. The molecule has 0 atom stereocenters. The summed E-state index contributed by atoms with van der Waals surface area (Å²) in [5.41, 5.74) is 6.34. The lowest BCUT2D eigenvalue weighted by Crippen LogP contribution is -2.43. The normalized spacial score (nSPS) is 18.1. The number of nitrogens with two attached hydrogens (primary N) is 1. The third-order valence-corrected chi connectivity index (χ3v) is 4.83. The van der Waals surface area contributed by atoms with Crippen LogP contribution in [0.5, 0.6) is 0 Å². The third kappa shape index (κ3) is 2.79. The van der Waals surface area contributed by atoms with E-state index in [0.717, 1.165) is 25.7 Å². The van der Waals surface area contributed by atoms with Crippen molar-refractivity contribution < 1.29 is 9.18 Å². The molecule has 0 saturated carbocycles. The standard InChI is InChI=1S/C16H23FN2O/c1-3-16(4-2)7-9-19(10-8-16)15(20)13-6-5-12(18)11-14(13)17/h5-6,11H,3-4,7-10,18H2,1-2H3. The Hall–Kier alpha value is -1.58. The van der Waals surface area contributed by atoms with Crippen LogP contribution < -0.4 is 5.73 Å². The molecule has 0 aliphatic carbocycles. The van der Waals surface area contributed by atoms with E-state index in [2.05, 4.69) is 13.8 Å².